The molecule has 0 bridgehead atoms. The molecule has 0 amide bonds. The Morgan fingerprint density at radius 3 is 2.75 bits per heavy atom. The summed E-state index contributed by atoms with van der Waals surface area (Å²) < 4.78 is 31.7. The minimum Gasteiger partial charge on any atom is -0.373 e. The van der Waals surface area contributed by atoms with E-state index in [1.165, 1.54) is 6.07 Å². The summed E-state index contributed by atoms with van der Waals surface area (Å²) in [5.41, 5.74) is 0.280. The highest BCUT2D eigenvalue weighted by molar-refractivity contribution is 5.18. The van der Waals surface area contributed by atoms with Crippen LogP contribution < -0.4 is 5.32 Å². The molecule has 0 aromatic heterocycles. The van der Waals surface area contributed by atoms with E-state index < -0.39 is 11.6 Å². The minimum atomic E-state index is -0.820. The van der Waals surface area contributed by atoms with Crippen LogP contribution in [0.1, 0.15) is 18.4 Å². The van der Waals surface area contributed by atoms with Gasteiger partial charge in [0.15, 0.2) is 11.6 Å². The Bertz CT molecular complexity index is 351. The molecule has 1 saturated heterocycles. The number of halogens is 2. The average molecular weight is 226 g/mol. The molecule has 16 heavy (non-hydrogen) atoms. The summed E-state index contributed by atoms with van der Waals surface area (Å²) in [6.45, 7) is 1.74. The fraction of sp³-hybridized carbons (Fsp3) is 0.500. The van der Waals surface area contributed by atoms with E-state index in [1.54, 1.807) is 6.07 Å². The van der Waals surface area contributed by atoms with E-state index in [2.05, 4.69) is 5.32 Å². The first-order chi connectivity index (χ1) is 7.77. The van der Waals surface area contributed by atoms with Gasteiger partial charge in [0.1, 0.15) is 0 Å². The molecular weight excluding hydrogens is 212 g/mol. The second kappa shape index (κ2) is 5.37. The van der Waals surface area contributed by atoms with Crippen LogP contribution in [0, 0.1) is 11.6 Å². The number of ether oxygens (including phenoxy) is 1. The zero-order valence-corrected chi connectivity index (χ0v) is 8.96. The van der Waals surface area contributed by atoms with Gasteiger partial charge in [0, 0.05) is 18.7 Å². The van der Waals surface area contributed by atoms with Gasteiger partial charge in [-0.3, -0.25) is 0 Å². The summed E-state index contributed by atoms with van der Waals surface area (Å²) in [4.78, 5) is 0. The summed E-state index contributed by atoms with van der Waals surface area (Å²) in [5, 5.41) is 4.20. The van der Waals surface area contributed by atoms with Crippen LogP contribution in [-0.2, 0) is 11.3 Å². The van der Waals surface area contributed by atoms with Crippen molar-refractivity contribution in [3.63, 3.8) is 0 Å². The van der Waals surface area contributed by atoms with Crippen molar-refractivity contribution in [2.75, 3.05) is 13.1 Å². The van der Waals surface area contributed by atoms with Crippen molar-refractivity contribution in [1.82, 2.24) is 5.32 Å². The molecule has 0 saturated carbocycles. The normalized spacial score (nSPS) is 17.6. The van der Waals surface area contributed by atoms with Gasteiger partial charge in [-0.2, -0.15) is 0 Å². The van der Waals surface area contributed by atoms with E-state index >= 15 is 0 Å². The fourth-order valence-electron chi connectivity index (χ4n) is 1.76. The quantitative estimate of drug-likeness (QED) is 0.775. The monoisotopic (exact) mass is 226 g/mol. The van der Waals surface area contributed by atoms with Gasteiger partial charge < -0.3 is 4.74 Å². The zero-order valence-electron chi connectivity index (χ0n) is 8.96. The van der Waals surface area contributed by atoms with Crippen molar-refractivity contribution in [2.45, 2.75) is 25.6 Å². The SMILES string of the molecule is Fc1cccc(COC2CC[N]CC2)c1F. The summed E-state index contributed by atoms with van der Waals surface area (Å²) in [5.74, 6) is -1.62. The lowest BCUT2D eigenvalue weighted by atomic mass is 10.1. The summed E-state index contributed by atoms with van der Waals surface area (Å²) in [7, 11) is 0. The Labute approximate surface area is 93.6 Å². The maximum atomic E-state index is 13.3. The van der Waals surface area contributed by atoms with Gasteiger partial charge >= 0.3 is 0 Å². The van der Waals surface area contributed by atoms with Crippen molar-refractivity contribution in [2.24, 2.45) is 0 Å². The van der Waals surface area contributed by atoms with E-state index in [9.17, 15) is 8.78 Å². The fourth-order valence-corrected chi connectivity index (χ4v) is 1.76. The van der Waals surface area contributed by atoms with Crippen molar-refractivity contribution in [1.29, 1.82) is 0 Å². The van der Waals surface area contributed by atoms with E-state index in [4.69, 9.17) is 4.74 Å². The molecule has 2 nitrogen and oxygen atoms in total. The van der Waals surface area contributed by atoms with Gasteiger partial charge in [-0.05, 0) is 18.9 Å². The van der Waals surface area contributed by atoms with E-state index in [1.807, 2.05) is 0 Å². The first-order valence-electron chi connectivity index (χ1n) is 5.45. The number of rotatable bonds is 3. The van der Waals surface area contributed by atoms with Crippen LogP contribution in [0.15, 0.2) is 18.2 Å². The Kier molecular flexibility index (Phi) is 3.85. The van der Waals surface area contributed by atoms with E-state index in [0.29, 0.717) is 0 Å². The average Bonchev–Trinajstić information content (AvgIpc) is 2.32. The summed E-state index contributed by atoms with van der Waals surface area (Å²) in [6.07, 6.45) is 1.87. The molecule has 1 aliphatic rings. The van der Waals surface area contributed by atoms with Crippen LogP contribution in [0.5, 0.6) is 0 Å². The van der Waals surface area contributed by atoms with Gasteiger partial charge in [-0.1, -0.05) is 12.1 Å². The van der Waals surface area contributed by atoms with Gasteiger partial charge in [0.05, 0.1) is 12.7 Å². The van der Waals surface area contributed by atoms with Crippen LogP contribution >= 0.6 is 0 Å². The van der Waals surface area contributed by atoms with Crippen LogP contribution in [0.2, 0.25) is 0 Å². The third-order valence-corrected chi connectivity index (χ3v) is 2.72. The lowest BCUT2D eigenvalue weighted by Crippen LogP contribution is -2.28. The largest absolute Gasteiger partial charge is 0.373 e. The van der Waals surface area contributed by atoms with Crippen molar-refractivity contribution in [3.05, 3.63) is 35.4 Å². The molecule has 0 aliphatic carbocycles. The van der Waals surface area contributed by atoms with Crippen LogP contribution in [0.3, 0.4) is 0 Å². The number of hydrogen-bond donors (Lipinski definition) is 0. The predicted molar refractivity (Wildman–Crippen MR) is 56.0 cm³/mol. The third kappa shape index (κ3) is 2.77. The predicted octanol–water partition coefficient (Wildman–Crippen LogP) is 2.25. The maximum Gasteiger partial charge on any atom is 0.164 e. The molecule has 4 heteroatoms. The van der Waals surface area contributed by atoms with Crippen LogP contribution in [0.25, 0.3) is 0 Å². The van der Waals surface area contributed by atoms with E-state index in [0.717, 1.165) is 32.0 Å². The highest BCUT2D eigenvalue weighted by Gasteiger charge is 2.15. The molecule has 1 fully saturated rings. The van der Waals surface area contributed by atoms with Gasteiger partial charge in [0.25, 0.3) is 0 Å². The van der Waals surface area contributed by atoms with E-state index in [-0.39, 0.29) is 18.3 Å². The Balaban J connectivity index is 1.91. The second-order valence-electron chi connectivity index (χ2n) is 3.89. The smallest absolute Gasteiger partial charge is 0.164 e. The topological polar surface area (TPSA) is 23.3 Å². The summed E-state index contributed by atoms with van der Waals surface area (Å²) >= 11 is 0. The minimum absolute atomic E-state index is 0.125. The lowest BCUT2D eigenvalue weighted by molar-refractivity contribution is 0.0191. The standard InChI is InChI=1S/C12H14F2NO/c13-11-3-1-2-9(12(11)14)8-16-10-4-6-15-7-5-10/h1-3,10H,4-8H2. The number of hydrogen-bond acceptors (Lipinski definition) is 1. The zero-order chi connectivity index (χ0) is 11.4. The number of piperidine rings is 1. The van der Waals surface area contributed by atoms with Gasteiger partial charge in [-0.15, -0.1) is 0 Å². The molecule has 2 rings (SSSR count). The Hall–Kier alpha value is -1.00. The molecule has 1 heterocycles. The molecule has 0 N–H and O–H groups in total. The first kappa shape index (κ1) is 11.5. The third-order valence-electron chi connectivity index (χ3n) is 2.72. The molecule has 1 aromatic rings. The highest BCUT2D eigenvalue weighted by atomic mass is 19.2. The van der Waals surface area contributed by atoms with Gasteiger partial charge in [0.2, 0.25) is 0 Å². The molecule has 0 atom stereocenters. The molecule has 0 spiro atoms. The molecule has 1 aliphatic heterocycles. The maximum absolute atomic E-state index is 13.3. The van der Waals surface area contributed by atoms with Crippen molar-refractivity contribution in [3.8, 4) is 0 Å². The van der Waals surface area contributed by atoms with Crippen LogP contribution in [-0.4, -0.2) is 19.2 Å². The van der Waals surface area contributed by atoms with Gasteiger partial charge in [-0.25, -0.2) is 14.1 Å². The first-order valence-corrected chi connectivity index (χ1v) is 5.45. The second-order valence-corrected chi connectivity index (χ2v) is 3.89. The molecule has 0 unspecified atom stereocenters. The van der Waals surface area contributed by atoms with Crippen molar-refractivity contribution >= 4 is 0 Å². The van der Waals surface area contributed by atoms with Crippen LogP contribution in [0.4, 0.5) is 8.78 Å². The lowest BCUT2D eigenvalue weighted by Gasteiger charge is -2.22. The molecule has 87 valence electrons. The van der Waals surface area contributed by atoms with Crippen molar-refractivity contribution < 1.29 is 13.5 Å². The molecule has 1 radical (unpaired) electrons. The Morgan fingerprint density at radius 1 is 1.25 bits per heavy atom. The highest BCUT2D eigenvalue weighted by Crippen LogP contribution is 2.15. The number of benzene rings is 1. The summed E-state index contributed by atoms with van der Waals surface area (Å²) in [6, 6.07) is 4.15. The number of nitrogens with zero attached hydrogens (tertiary/aromatic N) is 1. The Morgan fingerprint density at radius 2 is 2.00 bits per heavy atom. The molecular formula is C12H14F2NO. The molecule has 1 aromatic carbocycles.